The van der Waals surface area contributed by atoms with Gasteiger partial charge >= 0.3 is 0 Å². The number of rotatable bonds is 2. The van der Waals surface area contributed by atoms with E-state index in [-0.39, 0.29) is 5.56 Å². The Labute approximate surface area is 99.9 Å². The molecule has 90 valence electrons. The van der Waals surface area contributed by atoms with E-state index in [1.165, 1.54) is 0 Å². The Morgan fingerprint density at radius 2 is 2.12 bits per heavy atom. The Kier molecular flexibility index (Phi) is 2.83. The molecule has 5 heteroatoms. The summed E-state index contributed by atoms with van der Waals surface area (Å²) in [6.45, 7) is 10.5. The smallest absolute Gasteiger partial charge is 0.269 e. The molecule has 0 saturated heterocycles. The van der Waals surface area contributed by atoms with E-state index in [9.17, 15) is 4.79 Å². The van der Waals surface area contributed by atoms with Crippen LogP contribution in [-0.4, -0.2) is 27.2 Å². The van der Waals surface area contributed by atoms with Crippen LogP contribution in [0, 0.1) is 6.92 Å². The molecule has 1 aliphatic heterocycles. The Morgan fingerprint density at radius 3 is 2.71 bits per heavy atom. The first kappa shape index (κ1) is 11.6. The molecule has 1 aliphatic rings. The number of aryl methyl sites for hydroxylation is 1. The molecule has 0 fully saturated rings. The van der Waals surface area contributed by atoms with Crippen LogP contribution >= 0.6 is 0 Å². The van der Waals surface area contributed by atoms with Crippen molar-refractivity contribution in [3.63, 3.8) is 0 Å². The van der Waals surface area contributed by atoms with Gasteiger partial charge in [-0.25, -0.2) is 9.98 Å². The molecule has 0 saturated carbocycles. The van der Waals surface area contributed by atoms with Crippen LogP contribution < -0.4 is 5.56 Å². The molecular formula is C12H16N4O. The number of amidine groups is 1. The Balaban J connectivity index is 2.65. The molecular weight excluding hydrogens is 216 g/mol. The van der Waals surface area contributed by atoms with Crippen molar-refractivity contribution in [3.8, 4) is 0 Å². The van der Waals surface area contributed by atoms with Crippen LogP contribution in [0.2, 0.25) is 0 Å². The molecule has 0 bridgehead atoms. The predicted molar refractivity (Wildman–Crippen MR) is 68.4 cm³/mol. The van der Waals surface area contributed by atoms with Crippen LogP contribution in [0.1, 0.15) is 31.7 Å². The molecule has 1 aromatic heterocycles. The topological polar surface area (TPSA) is 61.4 Å². The predicted octanol–water partition coefficient (Wildman–Crippen LogP) is 1.82. The van der Waals surface area contributed by atoms with Gasteiger partial charge in [-0.15, -0.1) is 0 Å². The van der Waals surface area contributed by atoms with Gasteiger partial charge in [0.05, 0.1) is 5.70 Å². The Morgan fingerprint density at radius 1 is 1.41 bits per heavy atom. The van der Waals surface area contributed by atoms with E-state index < -0.39 is 0 Å². The van der Waals surface area contributed by atoms with Crippen LogP contribution in [0.3, 0.4) is 0 Å². The highest BCUT2D eigenvalue weighted by molar-refractivity contribution is 5.95. The van der Waals surface area contributed by atoms with Crippen LogP contribution in [0.4, 0.5) is 5.82 Å². The summed E-state index contributed by atoms with van der Waals surface area (Å²) < 4.78 is 0. The molecule has 0 radical (unpaired) electrons. The molecule has 0 amide bonds. The van der Waals surface area contributed by atoms with Crippen molar-refractivity contribution in [3.05, 3.63) is 28.3 Å². The number of aromatic nitrogens is 2. The van der Waals surface area contributed by atoms with Gasteiger partial charge in [0.1, 0.15) is 17.2 Å². The summed E-state index contributed by atoms with van der Waals surface area (Å²) in [6.07, 6.45) is 0.812. The third-order valence-corrected chi connectivity index (χ3v) is 2.86. The first-order valence-electron chi connectivity index (χ1n) is 5.73. The normalized spacial score (nSPS) is 14.6. The first-order chi connectivity index (χ1) is 8.08. The number of hydrogen-bond acceptors (Lipinski definition) is 4. The molecule has 17 heavy (non-hydrogen) atoms. The van der Waals surface area contributed by atoms with Gasteiger partial charge in [-0.2, -0.15) is 0 Å². The van der Waals surface area contributed by atoms with E-state index in [2.05, 4.69) is 21.5 Å². The van der Waals surface area contributed by atoms with Crippen molar-refractivity contribution >= 4 is 17.4 Å². The van der Waals surface area contributed by atoms with E-state index >= 15 is 0 Å². The number of H-pyrrole nitrogens is 1. The van der Waals surface area contributed by atoms with Crippen molar-refractivity contribution in [2.45, 2.75) is 27.2 Å². The van der Waals surface area contributed by atoms with Gasteiger partial charge in [-0.1, -0.05) is 13.5 Å². The molecule has 2 heterocycles. The molecule has 2 rings (SSSR count). The van der Waals surface area contributed by atoms with Gasteiger partial charge in [0.2, 0.25) is 0 Å². The van der Waals surface area contributed by atoms with Crippen molar-refractivity contribution in [2.24, 2.45) is 4.99 Å². The second-order valence-electron chi connectivity index (χ2n) is 3.92. The number of nitrogens with zero attached hydrogens (tertiary/aromatic N) is 3. The Bertz CT molecular complexity index is 556. The molecule has 1 aromatic rings. The van der Waals surface area contributed by atoms with Crippen LogP contribution in [-0.2, 0) is 0 Å². The average molecular weight is 232 g/mol. The zero-order valence-electron chi connectivity index (χ0n) is 10.4. The van der Waals surface area contributed by atoms with E-state index in [0.717, 1.165) is 24.5 Å². The van der Waals surface area contributed by atoms with Crippen LogP contribution in [0.15, 0.2) is 16.4 Å². The monoisotopic (exact) mass is 232 g/mol. The first-order valence-corrected chi connectivity index (χ1v) is 5.73. The lowest BCUT2D eigenvalue weighted by atomic mass is 10.2. The van der Waals surface area contributed by atoms with Crippen molar-refractivity contribution in [2.75, 3.05) is 6.54 Å². The molecule has 0 aliphatic carbocycles. The average Bonchev–Trinajstić information content (AvgIpc) is 2.31. The summed E-state index contributed by atoms with van der Waals surface area (Å²) in [7, 11) is 0. The van der Waals surface area contributed by atoms with Crippen molar-refractivity contribution < 1.29 is 0 Å². The van der Waals surface area contributed by atoms with E-state index in [4.69, 9.17) is 0 Å². The fourth-order valence-electron chi connectivity index (χ4n) is 1.92. The fraction of sp³-hybridized carbons (Fsp3) is 0.417. The lowest BCUT2D eigenvalue weighted by molar-refractivity contribution is 0.592. The SMILES string of the molecule is C=C1c2[nH]c(=O)c(C)nc2N=C(CC)N1CC. The number of aromatic amines is 1. The number of aliphatic imine (C=N–C) groups is 1. The molecule has 0 spiro atoms. The summed E-state index contributed by atoms with van der Waals surface area (Å²) >= 11 is 0. The quantitative estimate of drug-likeness (QED) is 0.846. The lowest BCUT2D eigenvalue weighted by Gasteiger charge is -2.30. The summed E-state index contributed by atoms with van der Waals surface area (Å²) in [5.41, 5.74) is 1.63. The van der Waals surface area contributed by atoms with Crippen LogP contribution in [0.5, 0.6) is 0 Å². The maximum absolute atomic E-state index is 11.6. The standard InChI is InChI=1S/C12H16N4O/c1-5-9-14-11-10(8(4)16(9)6-2)15-12(17)7(3)13-11/h4-6H2,1-3H3,(H,15,17). The van der Waals surface area contributed by atoms with Gasteiger partial charge in [0.15, 0.2) is 5.82 Å². The highest BCUT2D eigenvalue weighted by atomic mass is 16.1. The number of hydrogen-bond donors (Lipinski definition) is 1. The Hall–Kier alpha value is -1.91. The molecule has 5 nitrogen and oxygen atoms in total. The third kappa shape index (κ3) is 1.77. The minimum atomic E-state index is -0.184. The second-order valence-corrected chi connectivity index (χ2v) is 3.92. The van der Waals surface area contributed by atoms with Gasteiger partial charge in [0.25, 0.3) is 5.56 Å². The molecule has 0 aromatic carbocycles. The van der Waals surface area contributed by atoms with E-state index in [0.29, 0.717) is 17.2 Å². The van der Waals surface area contributed by atoms with Gasteiger partial charge in [-0.05, 0) is 13.8 Å². The number of nitrogens with one attached hydrogen (secondary N) is 1. The zero-order chi connectivity index (χ0) is 12.6. The number of fused-ring (bicyclic) bond motifs is 1. The molecule has 1 N–H and O–H groups in total. The fourth-order valence-corrected chi connectivity index (χ4v) is 1.92. The minimum Gasteiger partial charge on any atom is -0.329 e. The minimum absolute atomic E-state index is 0.184. The summed E-state index contributed by atoms with van der Waals surface area (Å²) in [5, 5.41) is 0. The van der Waals surface area contributed by atoms with Gasteiger partial charge in [-0.3, -0.25) is 4.79 Å². The summed E-state index contributed by atoms with van der Waals surface area (Å²) in [4.78, 5) is 25.0. The van der Waals surface area contributed by atoms with Crippen molar-refractivity contribution in [1.82, 2.24) is 14.9 Å². The van der Waals surface area contributed by atoms with E-state index in [1.807, 2.05) is 18.7 Å². The summed E-state index contributed by atoms with van der Waals surface area (Å²) in [5.74, 6) is 1.50. The lowest BCUT2D eigenvalue weighted by Crippen LogP contribution is -2.32. The van der Waals surface area contributed by atoms with E-state index in [1.54, 1.807) is 6.92 Å². The molecule has 0 atom stereocenters. The highest BCUT2D eigenvalue weighted by Crippen LogP contribution is 2.29. The zero-order valence-corrected chi connectivity index (χ0v) is 10.4. The second kappa shape index (κ2) is 4.16. The largest absolute Gasteiger partial charge is 0.329 e. The summed E-state index contributed by atoms with van der Waals surface area (Å²) in [6, 6.07) is 0. The molecule has 0 unspecified atom stereocenters. The maximum atomic E-state index is 11.6. The van der Waals surface area contributed by atoms with Crippen LogP contribution in [0.25, 0.3) is 5.70 Å². The van der Waals surface area contributed by atoms with Gasteiger partial charge < -0.3 is 9.88 Å². The third-order valence-electron chi connectivity index (χ3n) is 2.86. The van der Waals surface area contributed by atoms with Gasteiger partial charge in [0, 0.05) is 13.0 Å². The maximum Gasteiger partial charge on any atom is 0.269 e. The highest BCUT2D eigenvalue weighted by Gasteiger charge is 2.23. The van der Waals surface area contributed by atoms with Crippen molar-refractivity contribution in [1.29, 1.82) is 0 Å².